The van der Waals surface area contributed by atoms with Gasteiger partial charge >= 0.3 is 0 Å². The summed E-state index contributed by atoms with van der Waals surface area (Å²) in [4.78, 5) is 0. The van der Waals surface area contributed by atoms with Crippen LogP contribution in [-0.4, -0.2) is 27.4 Å². The standard InChI is InChI=1S/C5H10O2S/c6-3-5-1-2-8(7)4-5/h5-6H,1-4H2. The molecule has 2 unspecified atom stereocenters. The van der Waals surface area contributed by atoms with Crippen LogP contribution in [0.4, 0.5) is 0 Å². The first-order valence-corrected chi connectivity index (χ1v) is 4.27. The van der Waals surface area contributed by atoms with Gasteiger partial charge in [-0.2, -0.15) is 0 Å². The molecule has 1 saturated heterocycles. The van der Waals surface area contributed by atoms with Crippen molar-refractivity contribution in [3.8, 4) is 0 Å². The summed E-state index contributed by atoms with van der Waals surface area (Å²) in [5, 5.41) is 8.55. The second kappa shape index (κ2) is 2.60. The van der Waals surface area contributed by atoms with E-state index >= 15 is 0 Å². The van der Waals surface area contributed by atoms with E-state index in [-0.39, 0.29) is 6.61 Å². The molecule has 2 atom stereocenters. The van der Waals surface area contributed by atoms with Crippen LogP contribution in [0.15, 0.2) is 0 Å². The molecule has 0 aromatic heterocycles. The van der Waals surface area contributed by atoms with Gasteiger partial charge in [0.2, 0.25) is 0 Å². The lowest BCUT2D eigenvalue weighted by Gasteiger charge is -1.97. The van der Waals surface area contributed by atoms with E-state index < -0.39 is 10.8 Å². The Labute approximate surface area is 51.4 Å². The Balaban J connectivity index is 2.32. The number of hydrogen-bond acceptors (Lipinski definition) is 2. The summed E-state index contributed by atoms with van der Waals surface area (Å²) in [6, 6.07) is 0. The molecule has 48 valence electrons. The van der Waals surface area contributed by atoms with Crippen LogP contribution in [0.2, 0.25) is 0 Å². The lowest BCUT2D eigenvalue weighted by Crippen LogP contribution is -2.04. The smallest absolute Gasteiger partial charge is 0.0468 e. The quantitative estimate of drug-likeness (QED) is 0.537. The molecule has 3 heteroatoms. The third-order valence-electron chi connectivity index (χ3n) is 1.43. The minimum Gasteiger partial charge on any atom is -0.396 e. The summed E-state index contributed by atoms with van der Waals surface area (Å²) in [6.45, 7) is 0.214. The van der Waals surface area contributed by atoms with Crippen molar-refractivity contribution in [1.82, 2.24) is 0 Å². The molecule has 1 N–H and O–H groups in total. The van der Waals surface area contributed by atoms with E-state index in [0.717, 1.165) is 17.9 Å². The molecule has 0 saturated carbocycles. The molecule has 1 aliphatic heterocycles. The summed E-state index contributed by atoms with van der Waals surface area (Å²) in [5.41, 5.74) is 0. The molecule has 1 fully saturated rings. The van der Waals surface area contributed by atoms with Crippen LogP contribution < -0.4 is 0 Å². The number of aliphatic hydroxyl groups excluding tert-OH is 1. The third kappa shape index (κ3) is 1.29. The van der Waals surface area contributed by atoms with Gasteiger partial charge in [-0.3, -0.25) is 4.21 Å². The average Bonchev–Trinajstić information content (AvgIpc) is 2.14. The van der Waals surface area contributed by atoms with Crippen molar-refractivity contribution in [2.45, 2.75) is 6.42 Å². The molecule has 1 heterocycles. The molecule has 0 bridgehead atoms. The third-order valence-corrected chi connectivity index (χ3v) is 2.97. The van der Waals surface area contributed by atoms with Crippen LogP contribution in [0.5, 0.6) is 0 Å². The van der Waals surface area contributed by atoms with Crippen molar-refractivity contribution in [2.75, 3.05) is 18.1 Å². The van der Waals surface area contributed by atoms with E-state index in [9.17, 15) is 4.21 Å². The second-order valence-corrected chi connectivity index (χ2v) is 3.77. The summed E-state index contributed by atoms with van der Waals surface area (Å²) in [5.74, 6) is 1.85. The highest BCUT2D eigenvalue weighted by molar-refractivity contribution is 7.85. The van der Waals surface area contributed by atoms with E-state index in [2.05, 4.69) is 0 Å². The Morgan fingerprint density at radius 2 is 2.50 bits per heavy atom. The first-order valence-electron chi connectivity index (χ1n) is 2.78. The van der Waals surface area contributed by atoms with E-state index in [4.69, 9.17) is 5.11 Å². The molecule has 0 aliphatic carbocycles. The van der Waals surface area contributed by atoms with E-state index in [1.807, 2.05) is 0 Å². The zero-order valence-electron chi connectivity index (χ0n) is 4.67. The summed E-state index contributed by atoms with van der Waals surface area (Å²) >= 11 is 0. The van der Waals surface area contributed by atoms with Gasteiger partial charge in [-0.25, -0.2) is 0 Å². The predicted molar refractivity (Wildman–Crippen MR) is 33.1 cm³/mol. The van der Waals surface area contributed by atoms with Crippen LogP contribution in [0.3, 0.4) is 0 Å². The number of aliphatic hydroxyl groups is 1. The summed E-state index contributed by atoms with van der Waals surface area (Å²) < 4.78 is 10.6. The summed E-state index contributed by atoms with van der Waals surface area (Å²) in [6.07, 6.45) is 0.948. The van der Waals surface area contributed by atoms with Crippen molar-refractivity contribution in [3.05, 3.63) is 0 Å². The number of hydrogen-bond donors (Lipinski definition) is 1. The van der Waals surface area contributed by atoms with Gasteiger partial charge in [0, 0.05) is 28.9 Å². The summed E-state index contributed by atoms with van der Waals surface area (Å²) in [7, 11) is -0.613. The van der Waals surface area contributed by atoms with E-state index in [1.165, 1.54) is 0 Å². The first-order chi connectivity index (χ1) is 3.83. The maximum Gasteiger partial charge on any atom is 0.0468 e. The molecule has 0 amide bonds. The Morgan fingerprint density at radius 3 is 2.75 bits per heavy atom. The maximum absolute atomic E-state index is 10.6. The average molecular weight is 134 g/mol. The van der Waals surface area contributed by atoms with Gasteiger partial charge in [0.05, 0.1) is 0 Å². The van der Waals surface area contributed by atoms with Crippen LogP contribution in [0.1, 0.15) is 6.42 Å². The molecular weight excluding hydrogens is 124 g/mol. The maximum atomic E-state index is 10.6. The van der Waals surface area contributed by atoms with Gasteiger partial charge in [0.15, 0.2) is 0 Å². The molecule has 0 radical (unpaired) electrons. The van der Waals surface area contributed by atoms with Gasteiger partial charge in [-0.05, 0) is 12.3 Å². The molecule has 8 heavy (non-hydrogen) atoms. The van der Waals surface area contributed by atoms with Crippen LogP contribution in [0, 0.1) is 5.92 Å². The first kappa shape index (κ1) is 6.23. The lowest BCUT2D eigenvalue weighted by molar-refractivity contribution is 0.241. The second-order valence-electron chi connectivity index (χ2n) is 2.15. The van der Waals surface area contributed by atoms with Crippen LogP contribution in [0.25, 0.3) is 0 Å². The molecule has 0 spiro atoms. The zero-order valence-corrected chi connectivity index (χ0v) is 5.49. The van der Waals surface area contributed by atoms with Crippen molar-refractivity contribution in [2.24, 2.45) is 5.92 Å². The Kier molecular flexibility index (Phi) is 2.02. The normalized spacial score (nSPS) is 38.1. The minimum atomic E-state index is -0.613. The molecule has 1 aliphatic rings. The van der Waals surface area contributed by atoms with Gasteiger partial charge in [0.1, 0.15) is 0 Å². The molecule has 0 aromatic carbocycles. The van der Waals surface area contributed by atoms with Crippen LogP contribution >= 0.6 is 0 Å². The highest BCUT2D eigenvalue weighted by atomic mass is 32.2. The van der Waals surface area contributed by atoms with E-state index in [1.54, 1.807) is 0 Å². The molecule has 1 rings (SSSR count). The molecule has 0 aromatic rings. The van der Waals surface area contributed by atoms with Crippen molar-refractivity contribution >= 4 is 10.8 Å². The molecule has 2 nitrogen and oxygen atoms in total. The van der Waals surface area contributed by atoms with Crippen molar-refractivity contribution in [3.63, 3.8) is 0 Å². The van der Waals surface area contributed by atoms with E-state index in [0.29, 0.717) is 5.92 Å². The van der Waals surface area contributed by atoms with Gasteiger partial charge in [-0.15, -0.1) is 0 Å². The Bertz CT molecular complexity index is 103. The lowest BCUT2D eigenvalue weighted by atomic mass is 10.1. The van der Waals surface area contributed by atoms with Crippen molar-refractivity contribution < 1.29 is 9.32 Å². The topological polar surface area (TPSA) is 37.3 Å². The highest BCUT2D eigenvalue weighted by Gasteiger charge is 2.19. The number of rotatable bonds is 1. The Hall–Kier alpha value is 0.110. The monoisotopic (exact) mass is 134 g/mol. The largest absolute Gasteiger partial charge is 0.396 e. The fourth-order valence-corrected chi connectivity index (χ4v) is 2.43. The minimum absolute atomic E-state index is 0.214. The SMILES string of the molecule is O=S1CCC(CO)C1. The van der Waals surface area contributed by atoms with Gasteiger partial charge in [0.25, 0.3) is 0 Å². The van der Waals surface area contributed by atoms with Gasteiger partial charge < -0.3 is 5.11 Å². The highest BCUT2D eigenvalue weighted by Crippen LogP contribution is 2.13. The Morgan fingerprint density at radius 1 is 1.75 bits per heavy atom. The fraction of sp³-hybridized carbons (Fsp3) is 1.00. The zero-order chi connectivity index (χ0) is 5.98. The van der Waals surface area contributed by atoms with Gasteiger partial charge in [-0.1, -0.05) is 0 Å². The van der Waals surface area contributed by atoms with Crippen LogP contribution in [-0.2, 0) is 10.8 Å². The molecular formula is C5H10O2S. The predicted octanol–water partition coefficient (Wildman–Crippen LogP) is -0.253. The fourth-order valence-electron chi connectivity index (χ4n) is 0.872. The van der Waals surface area contributed by atoms with Crippen molar-refractivity contribution in [1.29, 1.82) is 0 Å².